The Kier molecular flexibility index (Phi) is 5.40. The van der Waals surface area contributed by atoms with Gasteiger partial charge in [0, 0.05) is 31.6 Å². The number of pyridine rings is 1. The molecule has 0 spiro atoms. The lowest BCUT2D eigenvalue weighted by molar-refractivity contribution is -0.131. The monoisotopic (exact) mass is 354 g/mol. The summed E-state index contributed by atoms with van der Waals surface area (Å²) in [4.78, 5) is 30.2. The van der Waals surface area contributed by atoms with Crippen LogP contribution in [0.4, 0.5) is 0 Å². The minimum absolute atomic E-state index is 0.118. The number of amides is 2. The third-order valence-electron chi connectivity index (χ3n) is 4.13. The lowest BCUT2D eigenvalue weighted by Gasteiger charge is -2.19. The lowest BCUT2D eigenvalue weighted by Crippen LogP contribution is -2.42. The molecule has 23 heavy (non-hydrogen) atoms. The van der Waals surface area contributed by atoms with Crippen molar-refractivity contribution in [1.29, 1.82) is 0 Å². The topological polar surface area (TPSA) is 74.3 Å². The van der Waals surface area contributed by atoms with Crippen molar-refractivity contribution in [1.82, 2.24) is 20.5 Å². The van der Waals surface area contributed by atoms with E-state index in [0.717, 1.165) is 31.1 Å². The van der Waals surface area contributed by atoms with Crippen molar-refractivity contribution < 1.29 is 9.59 Å². The van der Waals surface area contributed by atoms with E-state index in [9.17, 15) is 9.59 Å². The van der Waals surface area contributed by atoms with Crippen molar-refractivity contribution in [3.05, 3.63) is 29.0 Å². The van der Waals surface area contributed by atoms with Gasteiger partial charge in [-0.05, 0) is 24.5 Å². The van der Waals surface area contributed by atoms with Gasteiger partial charge in [0.2, 0.25) is 5.91 Å². The Balaban J connectivity index is 1.45. The Morgan fingerprint density at radius 3 is 3.04 bits per heavy atom. The summed E-state index contributed by atoms with van der Waals surface area (Å²) in [5.74, 6) is 2.10. The van der Waals surface area contributed by atoms with Crippen LogP contribution >= 0.6 is 23.4 Å². The van der Waals surface area contributed by atoms with Crippen LogP contribution in [0.25, 0.3) is 0 Å². The van der Waals surface area contributed by atoms with E-state index in [2.05, 4.69) is 15.6 Å². The number of halogens is 1. The smallest absolute Gasteiger partial charge is 0.252 e. The fraction of sp³-hybridized carbons (Fsp3) is 0.533. The molecule has 0 aromatic carbocycles. The molecule has 6 nitrogen and oxygen atoms in total. The summed E-state index contributed by atoms with van der Waals surface area (Å²) >= 11 is 7.50. The number of hydrogen-bond donors (Lipinski definition) is 2. The number of carbonyl (C=O) groups is 2. The molecule has 2 amide bonds. The predicted molar refractivity (Wildman–Crippen MR) is 90.5 cm³/mol. The number of hydrogen-bond acceptors (Lipinski definition) is 5. The maximum Gasteiger partial charge on any atom is 0.252 e. The third kappa shape index (κ3) is 4.16. The Morgan fingerprint density at radius 1 is 1.48 bits per heavy atom. The van der Waals surface area contributed by atoms with Crippen LogP contribution in [0, 0.1) is 5.92 Å². The van der Waals surface area contributed by atoms with Gasteiger partial charge in [0.25, 0.3) is 5.91 Å². The van der Waals surface area contributed by atoms with Gasteiger partial charge in [0.05, 0.1) is 17.5 Å². The molecular formula is C15H19ClN4O2S. The second-order valence-corrected chi connectivity index (χ2v) is 7.24. The van der Waals surface area contributed by atoms with E-state index in [1.807, 2.05) is 4.90 Å². The van der Waals surface area contributed by atoms with Crippen molar-refractivity contribution in [3.8, 4) is 0 Å². The van der Waals surface area contributed by atoms with Gasteiger partial charge in [-0.2, -0.15) is 0 Å². The standard InChI is InChI=1S/C15H19ClN4O2S/c16-13-2-1-11(8-18-13)14(21)19-7-10-5-12(17-6-10)15(22)20-3-4-23-9-20/h1-2,8,10,12,17H,3-7,9H2,(H,19,21)/t10-,12-/m0/s1. The van der Waals surface area contributed by atoms with E-state index in [0.29, 0.717) is 17.3 Å². The van der Waals surface area contributed by atoms with Crippen LogP contribution in [0.5, 0.6) is 0 Å². The van der Waals surface area contributed by atoms with Gasteiger partial charge < -0.3 is 15.5 Å². The Hall–Kier alpha value is -1.31. The zero-order valence-electron chi connectivity index (χ0n) is 12.6. The van der Waals surface area contributed by atoms with Crippen LogP contribution in [-0.2, 0) is 4.79 Å². The second-order valence-electron chi connectivity index (χ2n) is 5.78. The highest BCUT2D eigenvalue weighted by Gasteiger charge is 2.33. The first-order valence-corrected chi connectivity index (χ1v) is 9.16. The molecule has 2 atom stereocenters. The zero-order chi connectivity index (χ0) is 16.2. The van der Waals surface area contributed by atoms with Crippen LogP contribution in [0.2, 0.25) is 5.15 Å². The molecule has 3 heterocycles. The molecule has 2 aliphatic rings. The summed E-state index contributed by atoms with van der Waals surface area (Å²) in [6.45, 7) is 2.14. The molecule has 0 radical (unpaired) electrons. The van der Waals surface area contributed by atoms with E-state index in [4.69, 9.17) is 11.6 Å². The molecule has 3 rings (SSSR count). The molecule has 2 aliphatic heterocycles. The maximum atomic E-state index is 12.3. The van der Waals surface area contributed by atoms with Crippen LogP contribution < -0.4 is 10.6 Å². The summed E-state index contributed by atoms with van der Waals surface area (Å²) in [7, 11) is 0. The first-order chi connectivity index (χ1) is 11.1. The maximum absolute atomic E-state index is 12.3. The number of nitrogens with zero attached hydrogens (tertiary/aromatic N) is 2. The molecule has 2 N–H and O–H groups in total. The van der Waals surface area contributed by atoms with Gasteiger partial charge in [-0.15, -0.1) is 11.8 Å². The zero-order valence-corrected chi connectivity index (χ0v) is 14.2. The fourth-order valence-corrected chi connectivity index (χ4v) is 3.88. The molecule has 0 bridgehead atoms. The average molecular weight is 355 g/mol. The molecule has 0 unspecified atom stereocenters. The fourth-order valence-electron chi connectivity index (χ4n) is 2.81. The van der Waals surface area contributed by atoms with Crippen LogP contribution in [-0.4, -0.2) is 59.0 Å². The summed E-state index contributed by atoms with van der Waals surface area (Å²) < 4.78 is 0. The average Bonchev–Trinajstić information content (AvgIpc) is 3.24. The van der Waals surface area contributed by atoms with Gasteiger partial charge in [-0.3, -0.25) is 9.59 Å². The van der Waals surface area contributed by atoms with E-state index >= 15 is 0 Å². The Bertz CT molecular complexity index is 577. The number of aromatic nitrogens is 1. The predicted octanol–water partition coefficient (Wildman–Crippen LogP) is 0.976. The van der Waals surface area contributed by atoms with Gasteiger partial charge in [0.15, 0.2) is 0 Å². The second kappa shape index (κ2) is 7.51. The summed E-state index contributed by atoms with van der Waals surface area (Å²) in [5, 5.41) is 6.53. The van der Waals surface area contributed by atoms with Crippen molar-refractivity contribution in [2.45, 2.75) is 12.5 Å². The Morgan fingerprint density at radius 2 is 2.35 bits per heavy atom. The molecule has 2 saturated heterocycles. The minimum Gasteiger partial charge on any atom is -0.352 e. The van der Waals surface area contributed by atoms with Gasteiger partial charge >= 0.3 is 0 Å². The normalized spacial score (nSPS) is 24.0. The van der Waals surface area contributed by atoms with E-state index in [-0.39, 0.29) is 23.8 Å². The SMILES string of the molecule is O=C(NC[C@@H]1CN[C@H](C(=O)N2CCSC2)C1)c1ccc(Cl)nc1. The molecule has 1 aromatic rings. The molecule has 0 aliphatic carbocycles. The highest BCUT2D eigenvalue weighted by atomic mass is 35.5. The van der Waals surface area contributed by atoms with Gasteiger partial charge in [-0.25, -0.2) is 4.98 Å². The number of rotatable bonds is 4. The Labute approximate surface area is 144 Å². The first-order valence-electron chi connectivity index (χ1n) is 7.63. The van der Waals surface area contributed by atoms with Crippen LogP contribution in [0.1, 0.15) is 16.8 Å². The van der Waals surface area contributed by atoms with E-state index < -0.39 is 0 Å². The highest BCUT2D eigenvalue weighted by molar-refractivity contribution is 7.99. The lowest BCUT2D eigenvalue weighted by atomic mass is 10.0. The molecule has 124 valence electrons. The van der Waals surface area contributed by atoms with Crippen molar-refractivity contribution in [2.75, 3.05) is 31.3 Å². The molecular weight excluding hydrogens is 336 g/mol. The minimum atomic E-state index is -0.167. The summed E-state index contributed by atoms with van der Waals surface area (Å²) in [6.07, 6.45) is 2.22. The molecule has 8 heteroatoms. The van der Waals surface area contributed by atoms with Crippen LogP contribution in [0.3, 0.4) is 0 Å². The molecule has 0 saturated carbocycles. The molecule has 2 fully saturated rings. The third-order valence-corrected chi connectivity index (χ3v) is 5.31. The van der Waals surface area contributed by atoms with Gasteiger partial charge in [-0.1, -0.05) is 11.6 Å². The number of carbonyl (C=O) groups excluding carboxylic acids is 2. The number of thioether (sulfide) groups is 1. The van der Waals surface area contributed by atoms with Crippen LogP contribution in [0.15, 0.2) is 18.3 Å². The van der Waals surface area contributed by atoms with Gasteiger partial charge in [0.1, 0.15) is 5.15 Å². The first kappa shape index (κ1) is 16.5. The summed E-state index contributed by atoms with van der Waals surface area (Å²) in [5.41, 5.74) is 0.488. The van der Waals surface area contributed by atoms with Crippen molar-refractivity contribution in [3.63, 3.8) is 0 Å². The quantitative estimate of drug-likeness (QED) is 0.788. The summed E-state index contributed by atoms with van der Waals surface area (Å²) in [6, 6.07) is 3.12. The van der Waals surface area contributed by atoms with E-state index in [1.165, 1.54) is 6.20 Å². The van der Waals surface area contributed by atoms with E-state index in [1.54, 1.807) is 23.9 Å². The van der Waals surface area contributed by atoms with Crippen molar-refractivity contribution >= 4 is 35.2 Å². The highest BCUT2D eigenvalue weighted by Crippen LogP contribution is 2.20. The largest absolute Gasteiger partial charge is 0.352 e. The number of nitrogens with one attached hydrogen (secondary N) is 2. The molecule has 1 aromatic heterocycles. The van der Waals surface area contributed by atoms with Crippen molar-refractivity contribution in [2.24, 2.45) is 5.92 Å².